The molecule has 0 fully saturated rings. The van der Waals surface area contributed by atoms with Crippen molar-refractivity contribution in [2.75, 3.05) is 7.11 Å². The van der Waals surface area contributed by atoms with E-state index in [1.807, 2.05) is 0 Å². The first-order valence-electron chi connectivity index (χ1n) is 6.77. The van der Waals surface area contributed by atoms with Crippen LogP contribution in [0.4, 0.5) is 4.39 Å². The first kappa shape index (κ1) is 15.7. The second-order valence-corrected chi connectivity index (χ2v) is 4.77. The lowest BCUT2D eigenvalue weighted by molar-refractivity contribution is -0.120. The van der Waals surface area contributed by atoms with Gasteiger partial charge in [-0.15, -0.1) is 0 Å². The van der Waals surface area contributed by atoms with Gasteiger partial charge in [0.15, 0.2) is 0 Å². The van der Waals surface area contributed by atoms with Gasteiger partial charge in [0.05, 0.1) is 19.1 Å². The quantitative estimate of drug-likeness (QED) is 0.863. The van der Waals surface area contributed by atoms with E-state index in [4.69, 9.17) is 0 Å². The number of hydrogen-bond donors (Lipinski definition) is 1. The summed E-state index contributed by atoms with van der Waals surface area (Å²) in [4.78, 5) is 23.1. The summed E-state index contributed by atoms with van der Waals surface area (Å²) in [6, 6.07) is 12.7. The molecule has 0 heterocycles. The van der Waals surface area contributed by atoms with Gasteiger partial charge in [0.2, 0.25) is 5.91 Å². The number of carbonyl (C=O) groups is 2. The Morgan fingerprint density at radius 3 is 2.45 bits per heavy atom. The topological polar surface area (TPSA) is 55.4 Å². The summed E-state index contributed by atoms with van der Waals surface area (Å²) in [5, 5.41) is 2.75. The molecule has 0 spiro atoms. The van der Waals surface area contributed by atoms with Gasteiger partial charge in [-0.3, -0.25) is 4.79 Å². The van der Waals surface area contributed by atoms with Crippen LogP contribution in [0.15, 0.2) is 48.5 Å². The van der Waals surface area contributed by atoms with E-state index in [1.54, 1.807) is 36.4 Å². The predicted molar refractivity (Wildman–Crippen MR) is 79.7 cm³/mol. The highest BCUT2D eigenvalue weighted by molar-refractivity contribution is 5.89. The summed E-state index contributed by atoms with van der Waals surface area (Å²) in [7, 11) is 1.32. The van der Waals surface area contributed by atoms with Crippen LogP contribution in [0.3, 0.4) is 0 Å². The van der Waals surface area contributed by atoms with E-state index >= 15 is 0 Å². The van der Waals surface area contributed by atoms with Crippen LogP contribution in [0.5, 0.6) is 0 Å². The third-order valence-electron chi connectivity index (χ3n) is 3.12. The normalized spacial score (nSPS) is 10.1. The molecule has 114 valence electrons. The molecule has 0 aliphatic heterocycles. The summed E-state index contributed by atoms with van der Waals surface area (Å²) in [6.07, 6.45) is 0.123. The molecule has 1 amide bonds. The van der Waals surface area contributed by atoms with Crippen LogP contribution >= 0.6 is 0 Å². The Morgan fingerprint density at radius 2 is 1.82 bits per heavy atom. The van der Waals surface area contributed by atoms with E-state index in [0.717, 1.165) is 5.56 Å². The Hall–Kier alpha value is -2.69. The molecule has 2 aromatic carbocycles. The number of ether oxygens (including phenoxy) is 1. The average Bonchev–Trinajstić information content (AvgIpc) is 2.52. The Morgan fingerprint density at radius 1 is 1.09 bits per heavy atom. The molecule has 0 saturated carbocycles. The second kappa shape index (κ2) is 7.36. The second-order valence-electron chi connectivity index (χ2n) is 4.77. The van der Waals surface area contributed by atoms with E-state index in [0.29, 0.717) is 17.7 Å². The molecule has 1 N–H and O–H groups in total. The van der Waals surface area contributed by atoms with Gasteiger partial charge in [-0.1, -0.05) is 24.3 Å². The van der Waals surface area contributed by atoms with Gasteiger partial charge in [-0.2, -0.15) is 0 Å². The number of hydrogen-bond acceptors (Lipinski definition) is 3. The summed E-state index contributed by atoms with van der Waals surface area (Å²) < 4.78 is 17.6. The van der Waals surface area contributed by atoms with E-state index in [1.165, 1.54) is 19.2 Å². The average molecular weight is 301 g/mol. The lowest BCUT2D eigenvalue weighted by Gasteiger charge is -2.06. The minimum absolute atomic E-state index is 0.123. The molecule has 2 aromatic rings. The number of carbonyl (C=O) groups excluding carboxylic acids is 2. The Labute approximate surface area is 127 Å². The van der Waals surface area contributed by atoms with Crippen molar-refractivity contribution in [1.29, 1.82) is 0 Å². The monoisotopic (exact) mass is 301 g/mol. The van der Waals surface area contributed by atoms with Crippen LogP contribution in [0, 0.1) is 5.82 Å². The molecular weight excluding hydrogens is 285 g/mol. The highest BCUT2D eigenvalue weighted by atomic mass is 19.1. The SMILES string of the molecule is COC(=O)c1ccc(CNC(=O)Cc2cccc(F)c2)cc1. The van der Waals surface area contributed by atoms with E-state index in [2.05, 4.69) is 10.1 Å². The van der Waals surface area contributed by atoms with E-state index < -0.39 is 5.97 Å². The molecule has 4 nitrogen and oxygen atoms in total. The maximum absolute atomic E-state index is 13.0. The Bertz CT molecular complexity index is 668. The molecule has 0 aliphatic carbocycles. The van der Waals surface area contributed by atoms with Crippen molar-refractivity contribution >= 4 is 11.9 Å². The van der Waals surface area contributed by atoms with Crippen LogP contribution in [-0.2, 0) is 22.5 Å². The minimum atomic E-state index is -0.401. The third kappa shape index (κ3) is 4.41. The highest BCUT2D eigenvalue weighted by Gasteiger charge is 2.06. The van der Waals surface area contributed by atoms with Crippen molar-refractivity contribution in [3.05, 3.63) is 71.0 Å². The molecule has 0 aliphatic rings. The number of halogens is 1. The number of rotatable bonds is 5. The zero-order chi connectivity index (χ0) is 15.9. The lowest BCUT2D eigenvalue weighted by Crippen LogP contribution is -2.24. The molecule has 0 saturated heterocycles. The van der Waals surface area contributed by atoms with E-state index in [-0.39, 0.29) is 18.1 Å². The minimum Gasteiger partial charge on any atom is -0.465 e. The van der Waals surface area contributed by atoms with Crippen LogP contribution in [-0.4, -0.2) is 19.0 Å². The Kier molecular flexibility index (Phi) is 5.25. The van der Waals surface area contributed by atoms with Crippen molar-refractivity contribution in [2.45, 2.75) is 13.0 Å². The van der Waals surface area contributed by atoms with Crippen LogP contribution in [0.25, 0.3) is 0 Å². The Balaban J connectivity index is 1.87. The van der Waals surface area contributed by atoms with Gasteiger partial charge in [0.1, 0.15) is 5.82 Å². The van der Waals surface area contributed by atoms with Crippen molar-refractivity contribution in [2.24, 2.45) is 0 Å². The number of esters is 1. The fourth-order valence-corrected chi connectivity index (χ4v) is 1.97. The first-order chi connectivity index (χ1) is 10.6. The fraction of sp³-hybridized carbons (Fsp3) is 0.176. The molecule has 22 heavy (non-hydrogen) atoms. The van der Waals surface area contributed by atoms with E-state index in [9.17, 15) is 14.0 Å². The third-order valence-corrected chi connectivity index (χ3v) is 3.12. The van der Waals surface area contributed by atoms with Crippen molar-refractivity contribution in [3.8, 4) is 0 Å². The summed E-state index contributed by atoms with van der Waals surface area (Å²) in [6.45, 7) is 0.343. The summed E-state index contributed by atoms with van der Waals surface area (Å²) in [5.74, 6) is -0.951. The molecule has 0 atom stereocenters. The van der Waals surface area contributed by atoms with Gasteiger partial charge in [-0.05, 0) is 35.4 Å². The smallest absolute Gasteiger partial charge is 0.337 e. The molecule has 0 radical (unpaired) electrons. The summed E-state index contributed by atoms with van der Waals surface area (Å²) in [5.41, 5.74) is 1.94. The van der Waals surface area contributed by atoms with Gasteiger partial charge < -0.3 is 10.1 Å². The van der Waals surface area contributed by atoms with Crippen molar-refractivity contribution < 1.29 is 18.7 Å². The van der Waals surface area contributed by atoms with Crippen molar-refractivity contribution in [1.82, 2.24) is 5.32 Å². The molecule has 0 aromatic heterocycles. The molecule has 5 heteroatoms. The van der Waals surface area contributed by atoms with Crippen LogP contribution < -0.4 is 5.32 Å². The molecular formula is C17H16FNO3. The summed E-state index contributed by atoms with van der Waals surface area (Å²) >= 11 is 0. The molecule has 0 unspecified atom stereocenters. The lowest BCUT2D eigenvalue weighted by atomic mass is 10.1. The molecule has 2 rings (SSSR count). The largest absolute Gasteiger partial charge is 0.465 e. The van der Waals surface area contributed by atoms with Gasteiger partial charge in [0, 0.05) is 6.54 Å². The van der Waals surface area contributed by atoms with Gasteiger partial charge >= 0.3 is 5.97 Å². The predicted octanol–water partition coefficient (Wildman–Crippen LogP) is 2.47. The zero-order valence-corrected chi connectivity index (χ0v) is 12.1. The highest BCUT2D eigenvalue weighted by Crippen LogP contribution is 2.07. The number of methoxy groups -OCH3 is 1. The number of nitrogens with one attached hydrogen (secondary N) is 1. The standard InChI is InChI=1S/C17H16FNO3/c1-22-17(21)14-7-5-12(6-8-14)11-19-16(20)10-13-3-2-4-15(18)9-13/h2-9H,10-11H2,1H3,(H,19,20). The number of benzene rings is 2. The van der Waals surface area contributed by atoms with Gasteiger partial charge in [-0.25, -0.2) is 9.18 Å². The maximum Gasteiger partial charge on any atom is 0.337 e. The number of amides is 1. The fourth-order valence-electron chi connectivity index (χ4n) is 1.97. The zero-order valence-electron chi connectivity index (χ0n) is 12.1. The van der Waals surface area contributed by atoms with Crippen molar-refractivity contribution in [3.63, 3.8) is 0 Å². The van der Waals surface area contributed by atoms with Crippen LogP contribution in [0.2, 0.25) is 0 Å². The van der Waals surface area contributed by atoms with Crippen LogP contribution in [0.1, 0.15) is 21.5 Å². The maximum atomic E-state index is 13.0. The first-order valence-corrected chi connectivity index (χ1v) is 6.77. The molecule has 0 bridgehead atoms. The van der Waals surface area contributed by atoms with Gasteiger partial charge in [0.25, 0.3) is 0 Å².